The lowest BCUT2D eigenvalue weighted by atomic mass is 10.1. The van der Waals surface area contributed by atoms with Gasteiger partial charge in [-0.15, -0.1) is 0 Å². The summed E-state index contributed by atoms with van der Waals surface area (Å²) in [6, 6.07) is 10.6. The molecule has 1 N–H and O–H groups in total. The van der Waals surface area contributed by atoms with Crippen molar-refractivity contribution in [3.63, 3.8) is 0 Å². The van der Waals surface area contributed by atoms with E-state index in [9.17, 15) is 0 Å². The van der Waals surface area contributed by atoms with Crippen molar-refractivity contribution in [3.8, 4) is 0 Å². The van der Waals surface area contributed by atoms with Gasteiger partial charge in [-0.25, -0.2) is 4.98 Å². The van der Waals surface area contributed by atoms with Crippen molar-refractivity contribution in [1.82, 2.24) is 4.98 Å². The van der Waals surface area contributed by atoms with E-state index in [2.05, 4.69) is 50.4 Å². The fraction of sp³-hybridized carbons (Fsp3) is 0.438. The predicted molar refractivity (Wildman–Crippen MR) is 86.9 cm³/mol. The van der Waals surface area contributed by atoms with Crippen molar-refractivity contribution in [2.45, 2.75) is 26.5 Å². The molecule has 1 heterocycles. The van der Waals surface area contributed by atoms with Crippen molar-refractivity contribution in [2.24, 2.45) is 5.92 Å². The number of anilines is 1. The average Bonchev–Trinajstić information content (AvgIpc) is 2.39. The zero-order chi connectivity index (χ0) is 13.7. The minimum Gasteiger partial charge on any atom is -0.370 e. The Morgan fingerprint density at radius 3 is 2.79 bits per heavy atom. The van der Waals surface area contributed by atoms with Crippen LogP contribution in [0.25, 0.3) is 10.9 Å². The Morgan fingerprint density at radius 2 is 2.05 bits per heavy atom. The molecule has 0 bridgehead atoms. The van der Waals surface area contributed by atoms with E-state index in [1.54, 1.807) is 0 Å². The van der Waals surface area contributed by atoms with Crippen LogP contribution in [0.2, 0.25) is 0 Å². The van der Waals surface area contributed by atoms with Gasteiger partial charge < -0.3 is 5.32 Å². The van der Waals surface area contributed by atoms with Crippen LogP contribution in [0, 0.1) is 5.92 Å². The van der Waals surface area contributed by atoms with Crippen LogP contribution < -0.4 is 5.32 Å². The molecule has 102 valence electrons. The van der Waals surface area contributed by atoms with Crippen molar-refractivity contribution in [1.29, 1.82) is 0 Å². The number of nitrogens with one attached hydrogen (secondary N) is 1. The molecule has 0 saturated heterocycles. The Kier molecular flexibility index (Phi) is 5.08. The highest BCUT2D eigenvalue weighted by molar-refractivity contribution is 7.98. The number of fused-ring (bicyclic) bond motifs is 1. The second-order valence-electron chi connectivity index (χ2n) is 5.13. The fourth-order valence-corrected chi connectivity index (χ4v) is 3.02. The summed E-state index contributed by atoms with van der Waals surface area (Å²) in [6.45, 7) is 7.54. The van der Waals surface area contributed by atoms with Gasteiger partial charge in [0.25, 0.3) is 0 Å². The molecule has 0 spiro atoms. The third kappa shape index (κ3) is 3.87. The SMILES string of the molecule is CCNc1nc2ccccc2cc1CSCC(C)C. The molecule has 0 aliphatic rings. The lowest BCUT2D eigenvalue weighted by Crippen LogP contribution is -2.04. The second kappa shape index (κ2) is 6.80. The van der Waals surface area contributed by atoms with Crippen molar-refractivity contribution < 1.29 is 0 Å². The molecule has 0 amide bonds. The van der Waals surface area contributed by atoms with Crippen molar-refractivity contribution >= 4 is 28.5 Å². The summed E-state index contributed by atoms with van der Waals surface area (Å²) >= 11 is 1.98. The molecule has 0 unspecified atom stereocenters. The molecule has 3 heteroatoms. The third-order valence-corrected chi connectivity index (χ3v) is 4.27. The number of benzene rings is 1. The number of hydrogen-bond donors (Lipinski definition) is 1. The Balaban J connectivity index is 2.25. The summed E-state index contributed by atoms with van der Waals surface area (Å²) in [5.74, 6) is 4.00. The lowest BCUT2D eigenvalue weighted by Gasteiger charge is -2.12. The smallest absolute Gasteiger partial charge is 0.130 e. The predicted octanol–water partition coefficient (Wildman–Crippen LogP) is 4.56. The van der Waals surface area contributed by atoms with Crippen LogP contribution in [-0.4, -0.2) is 17.3 Å². The highest BCUT2D eigenvalue weighted by Crippen LogP contribution is 2.25. The number of aromatic nitrogens is 1. The van der Waals surface area contributed by atoms with Crippen LogP contribution in [0.3, 0.4) is 0 Å². The number of rotatable bonds is 6. The van der Waals surface area contributed by atoms with Crippen molar-refractivity contribution in [3.05, 3.63) is 35.9 Å². The molecule has 2 aromatic rings. The molecule has 1 aromatic heterocycles. The van der Waals surface area contributed by atoms with E-state index in [0.717, 1.165) is 29.6 Å². The maximum absolute atomic E-state index is 4.74. The Hall–Kier alpha value is -1.22. The van der Waals surface area contributed by atoms with Gasteiger partial charge in [0.15, 0.2) is 0 Å². The van der Waals surface area contributed by atoms with E-state index in [0.29, 0.717) is 0 Å². The van der Waals surface area contributed by atoms with Gasteiger partial charge in [0.1, 0.15) is 5.82 Å². The molecule has 1 aromatic carbocycles. The maximum atomic E-state index is 4.74. The fourth-order valence-electron chi connectivity index (χ4n) is 1.99. The van der Waals surface area contributed by atoms with Crippen LogP contribution in [0.5, 0.6) is 0 Å². The molecule has 0 atom stereocenters. The van der Waals surface area contributed by atoms with Crippen LogP contribution in [0.4, 0.5) is 5.82 Å². The molecule has 0 radical (unpaired) electrons. The first kappa shape index (κ1) is 14.2. The van der Waals surface area contributed by atoms with Crippen LogP contribution in [-0.2, 0) is 5.75 Å². The zero-order valence-electron chi connectivity index (χ0n) is 11.9. The minimum atomic E-state index is 0.737. The van der Waals surface area contributed by atoms with Crippen molar-refractivity contribution in [2.75, 3.05) is 17.6 Å². The standard InChI is InChI=1S/C16H22N2S/c1-4-17-16-14(11-19-10-12(2)3)9-13-7-5-6-8-15(13)18-16/h5-9,12H,4,10-11H2,1-3H3,(H,17,18). The molecular formula is C16H22N2S. The van der Waals surface area contributed by atoms with Gasteiger partial charge >= 0.3 is 0 Å². The summed E-state index contributed by atoms with van der Waals surface area (Å²) in [4.78, 5) is 4.74. The first-order valence-corrected chi connectivity index (χ1v) is 8.06. The summed E-state index contributed by atoms with van der Waals surface area (Å²) in [5, 5.41) is 4.61. The summed E-state index contributed by atoms with van der Waals surface area (Å²) in [7, 11) is 0. The number of para-hydroxylation sites is 1. The first-order valence-electron chi connectivity index (χ1n) is 6.91. The van der Waals surface area contributed by atoms with Gasteiger partial charge in [-0.1, -0.05) is 32.0 Å². The van der Waals surface area contributed by atoms with E-state index in [-0.39, 0.29) is 0 Å². The van der Waals surface area contributed by atoms with Gasteiger partial charge in [-0.2, -0.15) is 11.8 Å². The second-order valence-corrected chi connectivity index (χ2v) is 6.16. The Labute approximate surface area is 120 Å². The van der Waals surface area contributed by atoms with Crippen LogP contribution >= 0.6 is 11.8 Å². The van der Waals surface area contributed by atoms with Gasteiger partial charge in [-0.3, -0.25) is 0 Å². The monoisotopic (exact) mass is 274 g/mol. The van der Waals surface area contributed by atoms with Gasteiger partial charge in [0.05, 0.1) is 5.52 Å². The summed E-state index contributed by atoms with van der Waals surface area (Å²) < 4.78 is 0. The largest absolute Gasteiger partial charge is 0.370 e. The van der Waals surface area contributed by atoms with E-state index >= 15 is 0 Å². The molecular weight excluding hydrogens is 252 g/mol. The maximum Gasteiger partial charge on any atom is 0.130 e. The number of nitrogens with zero attached hydrogens (tertiary/aromatic N) is 1. The molecule has 0 saturated carbocycles. The quantitative estimate of drug-likeness (QED) is 0.836. The Morgan fingerprint density at radius 1 is 1.26 bits per heavy atom. The summed E-state index contributed by atoms with van der Waals surface area (Å²) in [6.07, 6.45) is 0. The minimum absolute atomic E-state index is 0.737. The number of pyridine rings is 1. The topological polar surface area (TPSA) is 24.9 Å². The van der Waals surface area contributed by atoms with Gasteiger partial charge in [-0.05, 0) is 30.7 Å². The normalized spacial score (nSPS) is 11.2. The molecule has 2 rings (SSSR count). The van der Waals surface area contributed by atoms with E-state index in [1.807, 2.05) is 17.8 Å². The van der Waals surface area contributed by atoms with E-state index < -0.39 is 0 Å². The molecule has 0 aliphatic carbocycles. The molecule has 0 fully saturated rings. The lowest BCUT2D eigenvalue weighted by molar-refractivity contribution is 0.750. The molecule has 19 heavy (non-hydrogen) atoms. The van der Waals surface area contributed by atoms with E-state index in [1.165, 1.54) is 16.7 Å². The number of hydrogen-bond acceptors (Lipinski definition) is 3. The van der Waals surface area contributed by atoms with Crippen LogP contribution in [0.1, 0.15) is 26.3 Å². The highest BCUT2D eigenvalue weighted by atomic mass is 32.2. The zero-order valence-corrected chi connectivity index (χ0v) is 12.8. The van der Waals surface area contributed by atoms with Gasteiger partial charge in [0.2, 0.25) is 0 Å². The molecule has 0 aliphatic heterocycles. The first-order chi connectivity index (χ1) is 9.20. The average molecular weight is 274 g/mol. The summed E-state index contributed by atoms with van der Waals surface area (Å²) in [5.41, 5.74) is 2.38. The van der Waals surface area contributed by atoms with Crippen LogP contribution in [0.15, 0.2) is 30.3 Å². The Bertz CT molecular complexity index is 537. The van der Waals surface area contributed by atoms with E-state index in [4.69, 9.17) is 4.98 Å². The highest BCUT2D eigenvalue weighted by Gasteiger charge is 2.06. The number of thioether (sulfide) groups is 1. The van der Waals surface area contributed by atoms with Gasteiger partial charge in [0, 0.05) is 23.2 Å². The third-order valence-electron chi connectivity index (χ3n) is 2.86. The molecule has 2 nitrogen and oxygen atoms in total.